The quantitative estimate of drug-likeness (QED) is 0.856. The van der Waals surface area contributed by atoms with Gasteiger partial charge >= 0.3 is 0 Å². The number of nitrogens with one attached hydrogen (secondary N) is 1. The van der Waals surface area contributed by atoms with Gasteiger partial charge in [-0.3, -0.25) is 9.52 Å². The van der Waals surface area contributed by atoms with Crippen LogP contribution < -0.4 is 19.1 Å². The van der Waals surface area contributed by atoms with Crippen molar-refractivity contribution in [2.45, 2.75) is 30.6 Å². The van der Waals surface area contributed by atoms with Gasteiger partial charge < -0.3 is 14.4 Å². The van der Waals surface area contributed by atoms with Crippen LogP contribution in [-0.4, -0.2) is 34.1 Å². The van der Waals surface area contributed by atoms with Crippen molar-refractivity contribution in [3.05, 3.63) is 41.5 Å². The van der Waals surface area contributed by atoms with Gasteiger partial charge in [-0.15, -0.1) is 0 Å². The summed E-state index contributed by atoms with van der Waals surface area (Å²) in [4.78, 5) is 14.2. The molecule has 3 heterocycles. The maximum atomic E-state index is 13.0. The Morgan fingerprint density at radius 3 is 2.50 bits per heavy atom. The Hall–Kier alpha value is -2.74. The third-order valence-corrected chi connectivity index (χ3v) is 6.71. The van der Waals surface area contributed by atoms with E-state index in [1.807, 2.05) is 4.90 Å². The highest BCUT2D eigenvalue weighted by molar-refractivity contribution is 7.92. The van der Waals surface area contributed by atoms with Gasteiger partial charge in [0, 0.05) is 19.0 Å². The van der Waals surface area contributed by atoms with Crippen molar-refractivity contribution in [3.8, 4) is 11.5 Å². The number of nitrogens with zero attached hydrogens (tertiary/aromatic N) is 1. The number of ether oxygens (including phenoxy) is 2. The summed E-state index contributed by atoms with van der Waals surface area (Å²) in [6, 6.07) is 8.39. The first-order valence-electron chi connectivity index (χ1n) is 9.40. The summed E-state index contributed by atoms with van der Waals surface area (Å²) in [6.07, 6.45) is 2.62. The van der Waals surface area contributed by atoms with Crippen LogP contribution in [0.4, 0.5) is 11.4 Å². The standard InChI is InChI=1S/C20H20N2O5S/c23-19-6-3-14-11-16(10-13-2-1-7-22(19)20(13)14)28(24,25)21-15-4-5-17-18(12-15)27-9-8-26-17/h4-5,10-12,21H,1-3,6-9H2. The van der Waals surface area contributed by atoms with Crippen LogP contribution in [0.5, 0.6) is 11.5 Å². The van der Waals surface area contributed by atoms with Gasteiger partial charge in [-0.2, -0.15) is 0 Å². The van der Waals surface area contributed by atoms with Crippen molar-refractivity contribution < 1.29 is 22.7 Å². The van der Waals surface area contributed by atoms with E-state index < -0.39 is 10.0 Å². The van der Waals surface area contributed by atoms with Crippen LogP contribution in [0, 0.1) is 0 Å². The van der Waals surface area contributed by atoms with E-state index in [0.717, 1.165) is 29.7 Å². The van der Waals surface area contributed by atoms with E-state index in [4.69, 9.17) is 9.47 Å². The molecule has 0 saturated heterocycles. The second kappa shape index (κ2) is 6.41. The topological polar surface area (TPSA) is 84.9 Å². The number of sulfonamides is 1. The lowest BCUT2D eigenvalue weighted by molar-refractivity contribution is -0.119. The molecule has 0 spiro atoms. The molecule has 3 aliphatic heterocycles. The van der Waals surface area contributed by atoms with Crippen LogP contribution in [0.1, 0.15) is 24.0 Å². The van der Waals surface area contributed by atoms with E-state index in [-0.39, 0.29) is 10.8 Å². The van der Waals surface area contributed by atoms with Crippen LogP contribution >= 0.6 is 0 Å². The van der Waals surface area contributed by atoms with Gasteiger partial charge in [-0.25, -0.2) is 8.42 Å². The van der Waals surface area contributed by atoms with E-state index in [2.05, 4.69) is 4.72 Å². The second-order valence-corrected chi connectivity index (χ2v) is 8.89. The monoisotopic (exact) mass is 400 g/mol. The summed E-state index contributed by atoms with van der Waals surface area (Å²) in [7, 11) is -3.76. The van der Waals surface area contributed by atoms with Gasteiger partial charge in [0.15, 0.2) is 11.5 Å². The summed E-state index contributed by atoms with van der Waals surface area (Å²) < 4.78 is 39.7. The Morgan fingerprint density at radius 2 is 1.68 bits per heavy atom. The lowest BCUT2D eigenvalue weighted by atomic mass is 9.92. The minimum absolute atomic E-state index is 0.124. The number of anilines is 2. The third-order valence-electron chi connectivity index (χ3n) is 5.35. The number of rotatable bonds is 3. The van der Waals surface area contributed by atoms with E-state index in [1.165, 1.54) is 0 Å². The van der Waals surface area contributed by atoms with Crippen molar-refractivity contribution in [1.82, 2.24) is 0 Å². The molecule has 0 aliphatic carbocycles. The predicted octanol–water partition coefficient (Wildman–Crippen LogP) is 2.48. The smallest absolute Gasteiger partial charge is 0.261 e. The lowest BCUT2D eigenvalue weighted by Gasteiger charge is -2.35. The summed E-state index contributed by atoms with van der Waals surface area (Å²) in [5.74, 6) is 1.26. The number of hydrogen-bond donors (Lipinski definition) is 1. The molecule has 3 aliphatic rings. The number of fused-ring (bicyclic) bond motifs is 1. The third kappa shape index (κ3) is 2.88. The number of amides is 1. The Bertz CT molecular complexity index is 1060. The second-order valence-electron chi connectivity index (χ2n) is 7.20. The predicted molar refractivity (Wildman–Crippen MR) is 104 cm³/mol. The van der Waals surface area contributed by atoms with Crippen molar-refractivity contribution in [2.24, 2.45) is 0 Å². The van der Waals surface area contributed by atoms with E-state index in [0.29, 0.717) is 49.8 Å². The lowest BCUT2D eigenvalue weighted by Crippen LogP contribution is -2.39. The van der Waals surface area contributed by atoms with Crippen LogP contribution in [0.15, 0.2) is 35.2 Å². The van der Waals surface area contributed by atoms with Gasteiger partial charge in [0.2, 0.25) is 5.91 Å². The van der Waals surface area contributed by atoms with Crippen LogP contribution in [0.3, 0.4) is 0 Å². The van der Waals surface area contributed by atoms with Gasteiger partial charge in [-0.05, 0) is 54.7 Å². The van der Waals surface area contributed by atoms with Gasteiger partial charge in [0.1, 0.15) is 13.2 Å². The minimum Gasteiger partial charge on any atom is -0.486 e. The molecule has 8 heteroatoms. The number of carbonyl (C=O) groups is 1. The highest BCUT2D eigenvalue weighted by Crippen LogP contribution is 2.38. The van der Waals surface area contributed by atoms with Crippen molar-refractivity contribution in [3.63, 3.8) is 0 Å². The molecule has 1 amide bonds. The molecule has 28 heavy (non-hydrogen) atoms. The number of aryl methyl sites for hydroxylation is 2. The summed E-state index contributed by atoms with van der Waals surface area (Å²) in [6.45, 7) is 1.63. The Balaban J connectivity index is 1.50. The number of hydrogen-bond acceptors (Lipinski definition) is 5. The molecule has 0 bridgehead atoms. The highest BCUT2D eigenvalue weighted by atomic mass is 32.2. The fourth-order valence-corrected chi connectivity index (χ4v) is 5.25. The largest absolute Gasteiger partial charge is 0.486 e. The van der Waals surface area contributed by atoms with Crippen LogP contribution in [-0.2, 0) is 27.7 Å². The highest BCUT2D eigenvalue weighted by Gasteiger charge is 2.31. The average molecular weight is 400 g/mol. The zero-order chi connectivity index (χ0) is 19.3. The zero-order valence-corrected chi connectivity index (χ0v) is 16.0. The molecule has 1 N–H and O–H groups in total. The summed E-state index contributed by atoms with van der Waals surface area (Å²) >= 11 is 0. The van der Waals surface area contributed by atoms with E-state index in [1.54, 1.807) is 30.3 Å². The average Bonchev–Trinajstić information content (AvgIpc) is 2.70. The van der Waals surface area contributed by atoms with Crippen LogP contribution in [0.25, 0.3) is 0 Å². The molecular formula is C20H20N2O5S. The molecule has 2 aromatic rings. The van der Waals surface area contributed by atoms with Gasteiger partial charge in [-0.1, -0.05) is 0 Å². The fourth-order valence-electron chi connectivity index (χ4n) is 4.10. The molecule has 0 aromatic heterocycles. The SMILES string of the molecule is O=C1CCc2cc(S(=O)(=O)Nc3ccc4c(c3)OCCO4)cc3c2N1CCC3. The maximum Gasteiger partial charge on any atom is 0.261 e. The van der Waals surface area contributed by atoms with E-state index >= 15 is 0 Å². The van der Waals surface area contributed by atoms with Gasteiger partial charge in [0.05, 0.1) is 16.3 Å². The normalized spacial score (nSPS) is 17.9. The maximum absolute atomic E-state index is 13.0. The van der Waals surface area contributed by atoms with E-state index in [9.17, 15) is 13.2 Å². The molecule has 0 saturated carbocycles. The molecular weight excluding hydrogens is 380 g/mol. The fraction of sp³-hybridized carbons (Fsp3) is 0.350. The number of carbonyl (C=O) groups excluding carboxylic acids is 1. The molecule has 0 radical (unpaired) electrons. The molecule has 0 unspecified atom stereocenters. The first-order valence-corrected chi connectivity index (χ1v) is 10.9. The molecule has 146 valence electrons. The molecule has 0 fully saturated rings. The molecule has 2 aromatic carbocycles. The van der Waals surface area contributed by atoms with Crippen LogP contribution in [0.2, 0.25) is 0 Å². The number of benzene rings is 2. The van der Waals surface area contributed by atoms with Crippen molar-refractivity contribution in [1.29, 1.82) is 0 Å². The first kappa shape index (κ1) is 17.4. The zero-order valence-electron chi connectivity index (χ0n) is 15.2. The Kier molecular flexibility index (Phi) is 3.97. The Labute approximate surface area is 163 Å². The van der Waals surface area contributed by atoms with Gasteiger partial charge in [0.25, 0.3) is 10.0 Å². The summed E-state index contributed by atoms with van der Waals surface area (Å²) in [5.41, 5.74) is 3.20. The minimum atomic E-state index is -3.76. The first-order chi connectivity index (χ1) is 13.5. The van der Waals surface area contributed by atoms with Crippen molar-refractivity contribution in [2.75, 3.05) is 29.4 Å². The molecule has 0 atom stereocenters. The molecule has 5 rings (SSSR count). The summed E-state index contributed by atoms with van der Waals surface area (Å²) in [5, 5.41) is 0. The molecule has 7 nitrogen and oxygen atoms in total. The van der Waals surface area contributed by atoms with Crippen molar-refractivity contribution >= 4 is 27.3 Å². The Morgan fingerprint density at radius 1 is 0.929 bits per heavy atom.